The molecule has 4 rings (SSSR count). The van der Waals surface area contributed by atoms with E-state index in [9.17, 15) is 4.79 Å². The quantitative estimate of drug-likeness (QED) is 0.762. The summed E-state index contributed by atoms with van der Waals surface area (Å²) in [6.07, 6.45) is 2.44. The molecule has 25 heavy (non-hydrogen) atoms. The van der Waals surface area contributed by atoms with Crippen LogP contribution in [0.25, 0.3) is 10.2 Å². The second-order valence-electron chi connectivity index (χ2n) is 6.06. The number of amides is 1. The number of thiazole rings is 1. The van der Waals surface area contributed by atoms with Crippen molar-refractivity contribution in [3.8, 4) is 0 Å². The predicted molar refractivity (Wildman–Crippen MR) is 102 cm³/mol. The van der Waals surface area contributed by atoms with Crippen LogP contribution in [0.5, 0.6) is 0 Å². The molecule has 3 aromatic heterocycles. The first-order valence-electron chi connectivity index (χ1n) is 8.31. The van der Waals surface area contributed by atoms with E-state index in [1.54, 1.807) is 17.7 Å². The van der Waals surface area contributed by atoms with Gasteiger partial charge in [-0.15, -0.1) is 22.7 Å². The summed E-state index contributed by atoms with van der Waals surface area (Å²) in [5, 5.41) is 5.39. The number of anilines is 1. The average molecular weight is 374 g/mol. The molecule has 6 nitrogen and oxygen atoms in total. The zero-order valence-electron chi connectivity index (χ0n) is 14.4. The Kier molecular flexibility index (Phi) is 4.16. The van der Waals surface area contributed by atoms with Gasteiger partial charge >= 0.3 is 0 Å². The summed E-state index contributed by atoms with van der Waals surface area (Å²) in [5.41, 5.74) is 2.12. The number of hydrogen-bond acceptors (Lipinski definition) is 7. The van der Waals surface area contributed by atoms with E-state index in [2.05, 4.69) is 27.2 Å². The molecule has 1 N–H and O–H groups in total. The van der Waals surface area contributed by atoms with E-state index >= 15 is 0 Å². The molecule has 130 valence electrons. The fraction of sp³-hybridized carbons (Fsp3) is 0.412. The van der Waals surface area contributed by atoms with Gasteiger partial charge in [-0.1, -0.05) is 0 Å². The van der Waals surface area contributed by atoms with Gasteiger partial charge in [-0.25, -0.2) is 15.0 Å². The Morgan fingerprint density at radius 3 is 2.88 bits per heavy atom. The molecule has 0 radical (unpaired) electrons. The Bertz CT molecular complexity index is 962. The molecule has 0 saturated carbocycles. The molecule has 0 fully saturated rings. The number of thiophene rings is 1. The highest BCUT2D eigenvalue weighted by atomic mass is 32.1. The van der Waals surface area contributed by atoms with Crippen molar-refractivity contribution >= 4 is 44.6 Å². The number of aryl methyl sites for hydroxylation is 2. The smallest absolute Gasteiger partial charge is 0.266 e. The van der Waals surface area contributed by atoms with Crippen molar-refractivity contribution in [3.63, 3.8) is 0 Å². The summed E-state index contributed by atoms with van der Waals surface area (Å²) in [4.78, 5) is 31.0. The van der Waals surface area contributed by atoms with Gasteiger partial charge in [-0.2, -0.15) is 0 Å². The van der Waals surface area contributed by atoms with Gasteiger partial charge in [0.1, 0.15) is 21.9 Å². The van der Waals surface area contributed by atoms with Crippen LogP contribution in [0.2, 0.25) is 0 Å². The van der Waals surface area contributed by atoms with Crippen molar-refractivity contribution in [2.24, 2.45) is 0 Å². The van der Waals surface area contributed by atoms with E-state index in [1.165, 1.54) is 21.8 Å². The van der Waals surface area contributed by atoms with Gasteiger partial charge in [0.2, 0.25) is 0 Å². The highest BCUT2D eigenvalue weighted by Crippen LogP contribution is 2.37. The second kappa shape index (κ2) is 6.34. The van der Waals surface area contributed by atoms with E-state index in [-0.39, 0.29) is 5.91 Å². The molecule has 1 amide bonds. The summed E-state index contributed by atoms with van der Waals surface area (Å²) in [6, 6.07) is 0. The highest BCUT2D eigenvalue weighted by Gasteiger charge is 2.28. The first-order chi connectivity index (χ1) is 12.1. The zero-order valence-corrected chi connectivity index (χ0v) is 16.1. The number of hydrogen-bond donors (Lipinski definition) is 1. The fourth-order valence-electron chi connectivity index (χ4n) is 3.28. The first-order valence-corrected chi connectivity index (χ1v) is 9.94. The van der Waals surface area contributed by atoms with Crippen LogP contribution < -0.4 is 5.32 Å². The van der Waals surface area contributed by atoms with Gasteiger partial charge in [-0.3, -0.25) is 4.79 Å². The van der Waals surface area contributed by atoms with Crippen molar-refractivity contribution in [2.45, 2.75) is 33.7 Å². The minimum absolute atomic E-state index is 0.0872. The molecule has 3 aromatic rings. The predicted octanol–water partition coefficient (Wildman–Crippen LogP) is 3.39. The van der Waals surface area contributed by atoms with Crippen LogP contribution in [0.4, 0.5) is 5.82 Å². The van der Waals surface area contributed by atoms with Crippen LogP contribution in [0.1, 0.15) is 37.7 Å². The molecule has 0 unspecified atom stereocenters. The largest absolute Gasteiger partial charge is 0.370 e. The summed E-state index contributed by atoms with van der Waals surface area (Å²) < 4.78 is 0. The average Bonchev–Trinajstić information content (AvgIpc) is 3.13. The van der Waals surface area contributed by atoms with Crippen molar-refractivity contribution in [2.75, 3.05) is 18.4 Å². The maximum Gasteiger partial charge on any atom is 0.266 e. The second-order valence-corrected chi connectivity index (χ2v) is 8.35. The van der Waals surface area contributed by atoms with Crippen molar-refractivity contribution in [3.05, 3.63) is 32.3 Å². The molecule has 0 atom stereocenters. The highest BCUT2D eigenvalue weighted by molar-refractivity contribution is 7.19. The Morgan fingerprint density at radius 2 is 2.16 bits per heavy atom. The summed E-state index contributed by atoms with van der Waals surface area (Å²) >= 11 is 3.15. The number of aromatic nitrogens is 3. The van der Waals surface area contributed by atoms with Gasteiger partial charge in [0.05, 0.1) is 22.6 Å². The van der Waals surface area contributed by atoms with E-state index < -0.39 is 0 Å². The van der Waals surface area contributed by atoms with Gasteiger partial charge in [0, 0.05) is 18.0 Å². The Morgan fingerprint density at radius 1 is 1.32 bits per heavy atom. The molecule has 8 heteroatoms. The summed E-state index contributed by atoms with van der Waals surface area (Å²) in [7, 11) is 0. The van der Waals surface area contributed by atoms with E-state index in [4.69, 9.17) is 0 Å². The number of carbonyl (C=O) groups is 1. The fourth-order valence-corrected chi connectivity index (χ4v) is 5.37. The third kappa shape index (κ3) is 2.79. The third-order valence-electron chi connectivity index (χ3n) is 4.37. The number of carbonyl (C=O) groups excluding carboxylic acids is 1. The van der Waals surface area contributed by atoms with Gasteiger partial charge in [-0.05, 0) is 32.8 Å². The minimum atomic E-state index is 0.0872. The normalized spacial score (nSPS) is 14.0. The standard InChI is InChI=1S/C17H19N5OS2/c1-4-18-15-13-11-5-6-22(7-12(11)25-16(13)20-8-19-15)17(23)14-9(2)21-10(3)24-14/h8H,4-7H2,1-3H3,(H,18,19,20). The molecule has 0 saturated heterocycles. The third-order valence-corrected chi connectivity index (χ3v) is 6.55. The van der Waals surface area contributed by atoms with E-state index in [1.807, 2.05) is 18.7 Å². The zero-order chi connectivity index (χ0) is 17.6. The van der Waals surface area contributed by atoms with Crippen LogP contribution in [0.3, 0.4) is 0 Å². The molecular weight excluding hydrogens is 354 g/mol. The molecule has 0 bridgehead atoms. The Hall–Kier alpha value is -2.06. The SMILES string of the molecule is CCNc1ncnc2sc3c(c12)CCN(C(=O)c1sc(C)nc1C)C3. The van der Waals surface area contributed by atoms with E-state index in [0.29, 0.717) is 13.1 Å². The maximum absolute atomic E-state index is 12.9. The van der Waals surface area contributed by atoms with Crippen molar-refractivity contribution in [1.29, 1.82) is 0 Å². The first kappa shape index (κ1) is 16.4. The summed E-state index contributed by atoms with van der Waals surface area (Å²) in [5.74, 6) is 0.989. The van der Waals surface area contributed by atoms with Crippen molar-refractivity contribution in [1.82, 2.24) is 19.9 Å². The number of rotatable bonds is 3. The maximum atomic E-state index is 12.9. The topological polar surface area (TPSA) is 71.0 Å². The van der Waals surface area contributed by atoms with Gasteiger partial charge in [0.15, 0.2) is 0 Å². The van der Waals surface area contributed by atoms with Crippen LogP contribution in [-0.2, 0) is 13.0 Å². The van der Waals surface area contributed by atoms with E-state index in [0.717, 1.165) is 44.6 Å². The number of nitrogens with zero attached hydrogens (tertiary/aromatic N) is 4. The molecule has 0 spiro atoms. The minimum Gasteiger partial charge on any atom is -0.370 e. The lowest BCUT2D eigenvalue weighted by Gasteiger charge is -2.26. The Balaban J connectivity index is 1.68. The molecule has 1 aliphatic heterocycles. The van der Waals surface area contributed by atoms with Crippen molar-refractivity contribution < 1.29 is 4.79 Å². The Labute approximate surface area is 153 Å². The summed E-state index contributed by atoms with van der Waals surface area (Å²) in [6.45, 7) is 8.09. The number of fused-ring (bicyclic) bond motifs is 3. The molecular formula is C17H19N5OS2. The van der Waals surface area contributed by atoms with Crippen LogP contribution >= 0.6 is 22.7 Å². The van der Waals surface area contributed by atoms with Gasteiger partial charge in [0.25, 0.3) is 5.91 Å². The molecule has 1 aliphatic rings. The lowest BCUT2D eigenvalue weighted by molar-refractivity contribution is 0.0741. The molecule has 0 aromatic carbocycles. The lowest BCUT2D eigenvalue weighted by atomic mass is 10.0. The lowest BCUT2D eigenvalue weighted by Crippen LogP contribution is -2.35. The van der Waals surface area contributed by atoms with Crippen LogP contribution in [0.15, 0.2) is 6.33 Å². The molecule has 4 heterocycles. The van der Waals surface area contributed by atoms with Crippen LogP contribution in [-0.4, -0.2) is 38.8 Å². The van der Waals surface area contributed by atoms with Gasteiger partial charge < -0.3 is 10.2 Å². The number of nitrogens with one attached hydrogen (secondary N) is 1. The van der Waals surface area contributed by atoms with Crippen LogP contribution in [0, 0.1) is 13.8 Å². The monoisotopic (exact) mass is 373 g/mol. The molecule has 0 aliphatic carbocycles.